The summed E-state index contributed by atoms with van der Waals surface area (Å²) in [5.74, 6) is -0.0595. The van der Waals surface area contributed by atoms with Crippen molar-refractivity contribution in [2.75, 3.05) is 0 Å². The first kappa shape index (κ1) is 15.4. The highest BCUT2D eigenvalue weighted by Crippen LogP contribution is 2.29. The number of benzene rings is 2. The molecule has 0 saturated carbocycles. The van der Waals surface area contributed by atoms with Crippen LogP contribution in [0.2, 0.25) is 10.0 Å². The van der Waals surface area contributed by atoms with Crippen molar-refractivity contribution in [1.29, 1.82) is 0 Å². The minimum absolute atomic E-state index is 0.0595. The zero-order valence-electron chi connectivity index (χ0n) is 11.4. The SMILES string of the molecule is O=C1NC(=Nc2ccccc2)S[C@H]1Cc1cc(Cl)ccc1Cl. The summed E-state index contributed by atoms with van der Waals surface area (Å²) in [7, 11) is 0. The molecule has 3 rings (SSSR count). The summed E-state index contributed by atoms with van der Waals surface area (Å²) >= 11 is 13.6. The predicted molar refractivity (Wildman–Crippen MR) is 93.2 cm³/mol. The normalized spacial score (nSPS) is 19.5. The second-order valence-electron chi connectivity index (χ2n) is 4.79. The Kier molecular flexibility index (Phi) is 4.71. The molecular formula is C16H12Cl2N2OS. The molecule has 1 aliphatic heterocycles. The van der Waals surface area contributed by atoms with Gasteiger partial charge in [-0.15, -0.1) is 0 Å². The molecule has 0 aliphatic carbocycles. The molecule has 1 aliphatic rings. The van der Waals surface area contributed by atoms with E-state index in [0.29, 0.717) is 21.6 Å². The number of carbonyl (C=O) groups excluding carboxylic acids is 1. The van der Waals surface area contributed by atoms with Crippen molar-refractivity contribution in [3.05, 3.63) is 64.1 Å². The Hall–Kier alpha value is -1.49. The Morgan fingerprint density at radius 2 is 1.91 bits per heavy atom. The van der Waals surface area contributed by atoms with Gasteiger partial charge in [-0.25, -0.2) is 4.99 Å². The van der Waals surface area contributed by atoms with Crippen LogP contribution in [0.25, 0.3) is 0 Å². The van der Waals surface area contributed by atoms with Crippen LogP contribution in [0, 0.1) is 0 Å². The number of nitrogens with zero attached hydrogens (tertiary/aromatic N) is 1. The number of amidine groups is 1. The molecule has 3 nitrogen and oxygen atoms in total. The third-order valence-electron chi connectivity index (χ3n) is 3.18. The zero-order chi connectivity index (χ0) is 15.5. The summed E-state index contributed by atoms with van der Waals surface area (Å²) in [6.07, 6.45) is 0.518. The highest BCUT2D eigenvalue weighted by Gasteiger charge is 2.30. The van der Waals surface area contributed by atoms with Crippen LogP contribution >= 0.6 is 35.0 Å². The van der Waals surface area contributed by atoms with Crippen LogP contribution in [-0.4, -0.2) is 16.3 Å². The lowest BCUT2D eigenvalue weighted by atomic mass is 10.1. The van der Waals surface area contributed by atoms with E-state index in [1.54, 1.807) is 18.2 Å². The summed E-state index contributed by atoms with van der Waals surface area (Å²) in [4.78, 5) is 16.5. The summed E-state index contributed by atoms with van der Waals surface area (Å²) in [6, 6.07) is 14.8. The van der Waals surface area contributed by atoms with Gasteiger partial charge in [0.15, 0.2) is 5.17 Å². The second-order valence-corrected chi connectivity index (χ2v) is 6.82. The van der Waals surface area contributed by atoms with Crippen LogP contribution in [0.4, 0.5) is 5.69 Å². The van der Waals surface area contributed by atoms with Gasteiger partial charge in [0.2, 0.25) is 5.91 Å². The van der Waals surface area contributed by atoms with Gasteiger partial charge in [0.1, 0.15) is 0 Å². The van der Waals surface area contributed by atoms with Gasteiger partial charge in [-0.2, -0.15) is 0 Å². The van der Waals surface area contributed by atoms with E-state index < -0.39 is 0 Å². The molecule has 22 heavy (non-hydrogen) atoms. The number of hydrogen-bond donors (Lipinski definition) is 1. The number of thioether (sulfide) groups is 1. The Morgan fingerprint density at radius 3 is 2.68 bits per heavy atom. The van der Waals surface area contributed by atoms with Crippen molar-refractivity contribution < 1.29 is 4.79 Å². The van der Waals surface area contributed by atoms with Crippen LogP contribution in [0.1, 0.15) is 5.56 Å². The smallest absolute Gasteiger partial charge is 0.239 e. The van der Waals surface area contributed by atoms with E-state index in [0.717, 1.165) is 11.3 Å². The lowest BCUT2D eigenvalue weighted by Gasteiger charge is -2.07. The van der Waals surface area contributed by atoms with E-state index in [-0.39, 0.29) is 11.2 Å². The Labute approximate surface area is 142 Å². The molecule has 6 heteroatoms. The van der Waals surface area contributed by atoms with Crippen molar-refractivity contribution in [2.45, 2.75) is 11.7 Å². The van der Waals surface area contributed by atoms with Gasteiger partial charge >= 0.3 is 0 Å². The molecule has 2 aromatic carbocycles. The first-order chi connectivity index (χ1) is 10.6. The average molecular weight is 351 g/mol. The maximum Gasteiger partial charge on any atom is 0.239 e. The van der Waals surface area contributed by atoms with E-state index in [2.05, 4.69) is 10.3 Å². The number of hydrogen-bond acceptors (Lipinski definition) is 3. The van der Waals surface area contributed by atoms with E-state index >= 15 is 0 Å². The van der Waals surface area contributed by atoms with Crippen molar-refractivity contribution in [1.82, 2.24) is 5.32 Å². The van der Waals surface area contributed by atoms with Crippen molar-refractivity contribution in [3.8, 4) is 0 Å². The maximum atomic E-state index is 12.1. The fraction of sp³-hybridized carbons (Fsp3) is 0.125. The predicted octanol–water partition coefficient (Wildman–Crippen LogP) is 4.46. The fourth-order valence-electron chi connectivity index (χ4n) is 2.11. The zero-order valence-corrected chi connectivity index (χ0v) is 13.8. The van der Waals surface area contributed by atoms with Gasteiger partial charge < -0.3 is 5.32 Å². The molecule has 0 unspecified atom stereocenters. The molecule has 1 saturated heterocycles. The average Bonchev–Trinajstić information content (AvgIpc) is 2.84. The first-order valence-electron chi connectivity index (χ1n) is 6.67. The molecule has 0 aromatic heterocycles. The van der Waals surface area contributed by atoms with Crippen molar-refractivity contribution >= 4 is 51.7 Å². The fourth-order valence-corrected chi connectivity index (χ4v) is 3.52. The topological polar surface area (TPSA) is 41.5 Å². The van der Waals surface area contributed by atoms with Crippen LogP contribution in [0.15, 0.2) is 53.5 Å². The molecule has 1 N–H and O–H groups in total. The molecule has 2 aromatic rings. The molecule has 1 atom stereocenters. The Balaban J connectivity index is 1.75. The molecule has 0 spiro atoms. The number of amides is 1. The summed E-state index contributed by atoms with van der Waals surface area (Å²) < 4.78 is 0. The van der Waals surface area contributed by atoms with E-state index in [9.17, 15) is 4.79 Å². The second kappa shape index (κ2) is 6.73. The molecule has 1 amide bonds. The number of rotatable bonds is 3. The molecule has 112 valence electrons. The van der Waals surface area contributed by atoms with Crippen LogP contribution < -0.4 is 5.32 Å². The van der Waals surface area contributed by atoms with Gasteiger partial charge in [-0.1, -0.05) is 53.2 Å². The third-order valence-corrected chi connectivity index (χ3v) is 4.86. The largest absolute Gasteiger partial charge is 0.304 e. The lowest BCUT2D eigenvalue weighted by Crippen LogP contribution is -2.26. The Bertz CT molecular complexity index is 734. The summed E-state index contributed by atoms with van der Waals surface area (Å²) in [5.41, 5.74) is 1.68. The van der Waals surface area contributed by atoms with Gasteiger partial charge in [0.05, 0.1) is 10.9 Å². The summed E-state index contributed by atoms with van der Waals surface area (Å²) in [5, 5.41) is 4.39. The van der Waals surface area contributed by atoms with Gasteiger partial charge in [0.25, 0.3) is 0 Å². The van der Waals surface area contributed by atoms with Crippen LogP contribution in [0.5, 0.6) is 0 Å². The number of nitrogens with one attached hydrogen (secondary N) is 1. The summed E-state index contributed by atoms with van der Waals surface area (Å²) in [6.45, 7) is 0. The quantitative estimate of drug-likeness (QED) is 0.887. The van der Waals surface area contributed by atoms with E-state index in [1.165, 1.54) is 11.8 Å². The van der Waals surface area contributed by atoms with Gasteiger partial charge in [0, 0.05) is 10.0 Å². The number of carbonyl (C=O) groups is 1. The molecule has 0 radical (unpaired) electrons. The lowest BCUT2D eigenvalue weighted by molar-refractivity contribution is -0.118. The number of halogens is 2. The monoisotopic (exact) mass is 350 g/mol. The third kappa shape index (κ3) is 3.64. The van der Waals surface area contributed by atoms with E-state index in [1.807, 2.05) is 30.3 Å². The molecular weight excluding hydrogens is 339 g/mol. The molecule has 1 fully saturated rings. The van der Waals surface area contributed by atoms with Crippen molar-refractivity contribution in [3.63, 3.8) is 0 Å². The minimum atomic E-state index is -0.251. The van der Waals surface area contributed by atoms with Crippen LogP contribution in [0.3, 0.4) is 0 Å². The Morgan fingerprint density at radius 1 is 1.14 bits per heavy atom. The number of para-hydroxylation sites is 1. The minimum Gasteiger partial charge on any atom is -0.304 e. The highest BCUT2D eigenvalue weighted by molar-refractivity contribution is 8.15. The first-order valence-corrected chi connectivity index (χ1v) is 8.30. The highest BCUT2D eigenvalue weighted by atomic mass is 35.5. The van der Waals surface area contributed by atoms with Crippen molar-refractivity contribution in [2.24, 2.45) is 4.99 Å². The molecule has 0 bridgehead atoms. The standard InChI is InChI=1S/C16H12Cl2N2OS/c17-11-6-7-13(18)10(8-11)9-14-15(21)20-16(22-14)19-12-4-2-1-3-5-12/h1-8,14H,9H2,(H,19,20,21)/t14-/m0/s1. The van der Waals surface area contributed by atoms with Crippen LogP contribution in [-0.2, 0) is 11.2 Å². The molecule has 1 heterocycles. The van der Waals surface area contributed by atoms with E-state index in [4.69, 9.17) is 23.2 Å². The number of aliphatic imine (C=N–C) groups is 1. The van der Waals surface area contributed by atoms with Gasteiger partial charge in [-0.3, -0.25) is 4.79 Å². The maximum absolute atomic E-state index is 12.1. The van der Waals surface area contributed by atoms with Gasteiger partial charge in [-0.05, 0) is 42.3 Å².